The molecule has 0 fully saturated rings. The first-order valence-corrected chi connectivity index (χ1v) is 8.15. The van der Waals surface area contributed by atoms with Crippen LogP contribution in [0.4, 0.5) is 35.1 Å². The molecule has 0 nitrogen and oxygen atoms in total. The van der Waals surface area contributed by atoms with Crippen molar-refractivity contribution in [2.24, 2.45) is 0 Å². The van der Waals surface area contributed by atoms with Gasteiger partial charge in [-0.3, -0.25) is 0 Å². The molecule has 0 aliphatic rings. The van der Waals surface area contributed by atoms with Crippen molar-refractivity contribution in [3.63, 3.8) is 0 Å². The van der Waals surface area contributed by atoms with Crippen LogP contribution in [0.2, 0.25) is 0 Å². The van der Waals surface area contributed by atoms with E-state index in [0.29, 0.717) is 28.2 Å². The van der Waals surface area contributed by atoms with E-state index in [1.807, 2.05) is 0 Å². The van der Waals surface area contributed by atoms with Gasteiger partial charge in [0.1, 0.15) is 5.82 Å². The number of thioether (sulfide) groups is 1. The van der Waals surface area contributed by atoms with E-state index in [9.17, 15) is 35.1 Å². The van der Waals surface area contributed by atoms with Crippen LogP contribution in [0.3, 0.4) is 0 Å². The molecule has 26 heavy (non-hydrogen) atoms. The minimum Gasteiger partial charge on any atom is -0.218 e. The molecule has 0 bridgehead atoms. The molecule has 0 unspecified atom stereocenters. The van der Waals surface area contributed by atoms with Crippen LogP contribution in [0, 0.1) is 12.7 Å². The maximum atomic E-state index is 13.9. The zero-order chi connectivity index (χ0) is 19.8. The molecule has 0 aromatic heterocycles. The van der Waals surface area contributed by atoms with E-state index in [1.165, 1.54) is 23.9 Å². The fraction of sp³-hybridized carbons (Fsp3) is 0.294. The highest BCUT2D eigenvalue weighted by atomic mass is 32.2. The first-order valence-electron chi connectivity index (χ1n) is 7.17. The fourth-order valence-electron chi connectivity index (χ4n) is 2.19. The smallest absolute Gasteiger partial charge is 0.218 e. The van der Waals surface area contributed by atoms with Crippen LogP contribution in [0.15, 0.2) is 47.4 Å². The zero-order valence-electron chi connectivity index (χ0n) is 13.2. The summed E-state index contributed by atoms with van der Waals surface area (Å²) in [4.78, 5) is 0.679. The van der Waals surface area contributed by atoms with Gasteiger partial charge in [0, 0.05) is 16.2 Å². The number of hydrogen-bond acceptors (Lipinski definition) is 1. The number of rotatable bonds is 4. The first kappa shape index (κ1) is 20.5. The second-order valence-electron chi connectivity index (χ2n) is 5.55. The predicted octanol–water partition coefficient (Wildman–Crippen LogP) is 6.72. The normalized spacial score (nSPS) is 13.1. The molecule has 0 atom stereocenters. The molecule has 2 aromatic carbocycles. The summed E-state index contributed by atoms with van der Waals surface area (Å²) in [7, 11) is 0. The molecule has 0 amide bonds. The summed E-state index contributed by atoms with van der Waals surface area (Å²) in [5, 5.41) is 0. The number of aryl methyl sites for hydroxylation is 1. The molecular formula is C17H12F8S. The monoisotopic (exact) mass is 400 g/mol. The molecule has 0 spiro atoms. The fourth-order valence-corrected chi connectivity index (χ4v) is 3.14. The van der Waals surface area contributed by atoms with Crippen molar-refractivity contribution in [2.45, 2.75) is 35.6 Å². The summed E-state index contributed by atoms with van der Waals surface area (Å²) in [5.41, 5.74) is -6.15. The lowest BCUT2D eigenvalue weighted by Crippen LogP contribution is -2.50. The minimum atomic E-state index is -6.13. The Kier molecular flexibility index (Phi) is 5.60. The van der Waals surface area contributed by atoms with Gasteiger partial charge in [0.25, 0.3) is 0 Å². The van der Waals surface area contributed by atoms with Crippen molar-refractivity contribution in [1.82, 2.24) is 0 Å². The molecule has 9 heteroatoms. The van der Waals surface area contributed by atoms with Gasteiger partial charge in [-0.2, -0.15) is 26.3 Å². The van der Waals surface area contributed by atoms with E-state index >= 15 is 0 Å². The zero-order valence-corrected chi connectivity index (χ0v) is 14.0. The molecular weight excluding hydrogens is 388 g/mol. The standard InChI is InChI=1S/C17H12F8S/c1-10-8-13(6-7-14(10)18)26-9-11-2-4-12(5-3-11)15(19,16(20,21)22)17(23,24)25/h2-8H,9H2,1H3. The number of halogens is 8. The number of alkyl halides is 7. The van der Waals surface area contributed by atoms with E-state index < -0.39 is 29.4 Å². The summed E-state index contributed by atoms with van der Waals surface area (Å²) in [6.07, 6.45) is -12.3. The Balaban J connectivity index is 2.20. The molecule has 0 saturated heterocycles. The third kappa shape index (κ3) is 3.97. The van der Waals surface area contributed by atoms with Crippen molar-refractivity contribution < 1.29 is 35.1 Å². The highest BCUT2D eigenvalue weighted by Crippen LogP contribution is 2.53. The first-order chi connectivity index (χ1) is 11.9. The van der Waals surface area contributed by atoms with Crippen LogP contribution in [0.5, 0.6) is 0 Å². The van der Waals surface area contributed by atoms with Gasteiger partial charge in [-0.15, -0.1) is 11.8 Å². The molecule has 0 aliphatic carbocycles. The molecule has 0 aliphatic heterocycles. The van der Waals surface area contributed by atoms with Gasteiger partial charge in [0.2, 0.25) is 0 Å². The molecule has 0 N–H and O–H groups in total. The maximum absolute atomic E-state index is 13.9. The molecule has 2 aromatic rings. The Labute approximate surface area is 148 Å². The van der Waals surface area contributed by atoms with E-state index in [1.54, 1.807) is 13.0 Å². The van der Waals surface area contributed by atoms with Crippen molar-refractivity contribution in [2.75, 3.05) is 0 Å². The highest BCUT2D eigenvalue weighted by molar-refractivity contribution is 7.98. The lowest BCUT2D eigenvalue weighted by Gasteiger charge is -2.30. The van der Waals surface area contributed by atoms with Crippen LogP contribution in [-0.2, 0) is 11.4 Å². The Morgan fingerprint density at radius 3 is 1.81 bits per heavy atom. The third-order valence-corrected chi connectivity index (χ3v) is 4.73. The van der Waals surface area contributed by atoms with Crippen molar-refractivity contribution in [3.05, 3.63) is 65.0 Å². The van der Waals surface area contributed by atoms with Gasteiger partial charge in [0.05, 0.1) is 0 Å². The van der Waals surface area contributed by atoms with Gasteiger partial charge >= 0.3 is 18.0 Å². The van der Waals surface area contributed by atoms with Gasteiger partial charge < -0.3 is 0 Å². The molecule has 0 radical (unpaired) electrons. The molecule has 142 valence electrons. The van der Waals surface area contributed by atoms with E-state index in [0.717, 1.165) is 12.1 Å². The van der Waals surface area contributed by atoms with Gasteiger partial charge in [-0.1, -0.05) is 24.3 Å². The van der Waals surface area contributed by atoms with Crippen LogP contribution in [-0.4, -0.2) is 12.4 Å². The van der Waals surface area contributed by atoms with E-state index in [2.05, 4.69) is 0 Å². The molecule has 0 heterocycles. The summed E-state index contributed by atoms with van der Waals surface area (Å²) < 4.78 is 103. The van der Waals surface area contributed by atoms with Crippen LogP contribution < -0.4 is 0 Å². The summed E-state index contributed by atoms with van der Waals surface area (Å²) >= 11 is 1.22. The Bertz CT molecular complexity index is 748. The van der Waals surface area contributed by atoms with Gasteiger partial charge in [-0.25, -0.2) is 8.78 Å². The summed E-state index contributed by atoms with van der Waals surface area (Å²) in [6.45, 7) is 1.56. The van der Waals surface area contributed by atoms with Crippen LogP contribution >= 0.6 is 11.8 Å². The maximum Gasteiger partial charge on any atom is 0.435 e. The SMILES string of the molecule is Cc1cc(SCc2ccc(C(F)(C(F)(F)F)C(F)(F)F)cc2)ccc1F. The quantitative estimate of drug-likeness (QED) is 0.406. The van der Waals surface area contributed by atoms with Crippen molar-refractivity contribution in [3.8, 4) is 0 Å². The third-order valence-electron chi connectivity index (χ3n) is 3.67. The lowest BCUT2D eigenvalue weighted by molar-refractivity contribution is -0.348. The molecule has 0 saturated carbocycles. The van der Waals surface area contributed by atoms with E-state index in [-0.39, 0.29) is 5.75 Å². The highest BCUT2D eigenvalue weighted by Gasteiger charge is 2.73. The van der Waals surface area contributed by atoms with Gasteiger partial charge in [-0.05, 0) is 36.2 Å². The van der Waals surface area contributed by atoms with Crippen molar-refractivity contribution >= 4 is 11.8 Å². The predicted molar refractivity (Wildman–Crippen MR) is 82.0 cm³/mol. The number of hydrogen-bond donors (Lipinski definition) is 0. The van der Waals surface area contributed by atoms with Crippen molar-refractivity contribution in [1.29, 1.82) is 0 Å². The average molecular weight is 400 g/mol. The average Bonchev–Trinajstić information content (AvgIpc) is 2.53. The largest absolute Gasteiger partial charge is 0.435 e. The summed E-state index contributed by atoms with van der Waals surface area (Å²) in [6, 6.07) is 7.29. The second-order valence-corrected chi connectivity index (χ2v) is 6.60. The number of benzene rings is 2. The second kappa shape index (κ2) is 7.09. The Morgan fingerprint density at radius 1 is 0.808 bits per heavy atom. The Hall–Kier alpha value is -1.77. The Morgan fingerprint density at radius 2 is 1.35 bits per heavy atom. The van der Waals surface area contributed by atoms with Gasteiger partial charge in [0.15, 0.2) is 0 Å². The van der Waals surface area contributed by atoms with E-state index in [4.69, 9.17) is 0 Å². The lowest BCUT2D eigenvalue weighted by atomic mass is 9.93. The molecule has 2 rings (SSSR count). The minimum absolute atomic E-state index is 0.211. The van der Waals surface area contributed by atoms with Crippen LogP contribution in [0.25, 0.3) is 0 Å². The summed E-state index contributed by atoms with van der Waals surface area (Å²) in [5.74, 6) is -0.180. The topological polar surface area (TPSA) is 0 Å². The van der Waals surface area contributed by atoms with Crippen LogP contribution in [0.1, 0.15) is 16.7 Å².